The number of carboxylic acid groups (broad SMARTS) is 1. The molecule has 4 amide bonds. The zero-order valence-electron chi connectivity index (χ0n) is 34.2. The molecule has 1 fully saturated rings. The number of aliphatic imine (C=N–C) groups is 1. The average Bonchev–Trinajstić information content (AvgIpc) is 3.94. The summed E-state index contributed by atoms with van der Waals surface area (Å²) in [6.45, 7) is 8.70. The summed E-state index contributed by atoms with van der Waals surface area (Å²) in [5, 5.41) is 10.9. The summed E-state index contributed by atoms with van der Waals surface area (Å²) in [4.78, 5) is 116. The van der Waals surface area contributed by atoms with Crippen molar-refractivity contribution >= 4 is 85.7 Å². The van der Waals surface area contributed by atoms with Crippen LogP contribution >= 0.6 is 23.1 Å². The SMILES string of the molecule is CC1=C(C)C(=O)C(C(C)(C)CC(=O)N(C)CCN(CCOCCOCCC(=O)ON2C(=O)CCC2=O)C(=O)Oc2ccc3nc(C4=N[C@@H](C(=O)O)CS4)sc3c2)=C(C)C1=O. The molecule has 3 heterocycles. The van der Waals surface area contributed by atoms with Crippen LogP contribution in [-0.4, -0.2) is 142 Å². The van der Waals surface area contributed by atoms with Crippen molar-refractivity contribution in [1.82, 2.24) is 19.8 Å². The minimum absolute atomic E-state index is 0.00974. The summed E-state index contributed by atoms with van der Waals surface area (Å²) < 4.78 is 17.5. The first-order valence-electron chi connectivity index (χ1n) is 19.1. The first-order chi connectivity index (χ1) is 28.4. The number of carbonyl (C=O) groups excluding carboxylic acids is 7. The third kappa shape index (κ3) is 11.1. The molecular formula is C40H47N5O13S2. The number of carbonyl (C=O) groups is 8. The van der Waals surface area contributed by atoms with Crippen molar-refractivity contribution in [3.63, 3.8) is 0 Å². The molecule has 0 saturated carbocycles. The number of thioether (sulfide) groups is 1. The number of hydrogen-bond donors (Lipinski definition) is 1. The van der Waals surface area contributed by atoms with Crippen LogP contribution in [0.15, 0.2) is 45.5 Å². The third-order valence-corrected chi connectivity index (χ3v) is 12.3. The molecule has 322 valence electrons. The summed E-state index contributed by atoms with van der Waals surface area (Å²) >= 11 is 2.60. The Morgan fingerprint density at radius 1 is 0.900 bits per heavy atom. The first kappa shape index (κ1) is 45.8. The van der Waals surface area contributed by atoms with Gasteiger partial charge in [0.2, 0.25) is 5.91 Å². The standard InChI is InChI=1S/C40H47N5O13S2/c1-22-23(2)35(51)33(24(3)34(22)50)40(4,5)20-31(48)43(6)12-13-44(14-16-56-18-17-55-15-11-32(49)58-45-29(46)9-10-30(45)47)39(54)57-25-7-8-26-28(19-25)60-37(41-26)36-42-27(21-59-36)38(52)53/h7-8,19,27H,9-18,20-21H2,1-6H3,(H,52,53)/t27-/m1/s1. The summed E-state index contributed by atoms with van der Waals surface area (Å²) in [5.74, 6) is -3.20. The van der Waals surface area contributed by atoms with Gasteiger partial charge >= 0.3 is 18.0 Å². The highest BCUT2D eigenvalue weighted by Gasteiger charge is 2.39. The van der Waals surface area contributed by atoms with E-state index in [1.165, 1.54) is 32.9 Å². The lowest BCUT2D eigenvalue weighted by Crippen LogP contribution is -2.43. The smallest absolute Gasteiger partial charge is 0.415 e. The van der Waals surface area contributed by atoms with E-state index in [-0.39, 0.29) is 95.0 Å². The second-order valence-corrected chi connectivity index (χ2v) is 16.9. The molecule has 1 aromatic carbocycles. The number of aliphatic carboxylic acids is 1. The highest BCUT2D eigenvalue weighted by molar-refractivity contribution is 8.15. The summed E-state index contributed by atoms with van der Waals surface area (Å²) in [5.41, 5.74) is 1.04. The van der Waals surface area contributed by atoms with Gasteiger partial charge in [0.25, 0.3) is 11.8 Å². The van der Waals surface area contributed by atoms with Crippen molar-refractivity contribution in [3.8, 4) is 5.75 Å². The van der Waals surface area contributed by atoms with Crippen LogP contribution in [0.5, 0.6) is 5.75 Å². The molecule has 2 aliphatic heterocycles. The highest BCUT2D eigenvalue weighted by atomic mass is 32.2. The molecule has 0 spiro atoms. The van der Waals surface area contributed by atoms with Crippen LogP contribution in [0, 0.1) is 5.41 Å². The molecule has 0 bridgehead atoms. The van der Waals surface area contributed by atoms with E-state index in [9.17, 15) is 43.5 Å². The molecule has 60 heavy (non-hydrogen) atoms. The van der Waals surface area contributed by atoms with E-state index in [1.54, 1.807) is 59.9 Å². The summed E-state index contributed by atoms with van der Waals surface area (Å²) in [7, 11) is 1.58. The Kier molecular flexibility index (Phi) is 15.1. The van der Waals surface area contributed by atoms with Crippen LogP contribution in [0.4, 0.5) is 4.79 Å². The number of likely N-dealkylation sites (N-methyl/N-ethyl adjacent to an activating group) is 1. The number of ether oxygens (including phenoxy) is 3. The number of imide groups is 1. The number of rotatable bonds is 19. The van der Waals surface area contributed by atoms with Crippen molar-refractivity contribution in [1.29, 1.82) is 0 Å². The van der Waals surface area contributed by atoms with Crippen LogP contribution in [0.3, 0.4) is 0 Å². The lowest BCUT2D eigenvalue weighted by atomic mass is 9.71. The van der Waals surface area contributed by atoms with E-state index in [4.69, 9.17) is 19.0 Å². The maximum atomic E-state index is 13.6. The number of carboxylic acids is 1. The molecule has 1 N–H and O–H groups in total. The second kappa shape index (κ2) is 19.8. The van der Waals surface area contributed by atoms with Gasteiger partial charge in [0, 0.05) is 85.5 Å². The summed E-state index contributed by atoms with van der Waals surface area (Å²) in [6.07, 6.45) is -1.01. The number of ketones is 2. The minimum Gasteiger partial charge on any atom is -0.480 e. The molecule has 0 unspecified atom stereocenters. The molecule has 0 radical (unpaired) electrons. The fraction of sp³-hybridized carbons (Fsp3) is 0.500. The molecule has 3 aliphatic rings. The van der Waals surface area contributed by atoms with E-state index >= 15 is 0 Å². The minimum atomic E-state index is -1.01. The molecule has 20 heteroatoms. The van der Waals surface area contributed by atoms with Crippen molar-refractivity contribution in [2.24, 2.45) is 10.4 Å². The Morgan fingerprint density at radius 2 is 1.57 bits per heavy atom. The van der Waals surface area contributed by atoms with Crippen molar-refractivity contribution < 1.29 is 62.5 Å². The predicted octanol–water partition coefficient (Wildman–Crippen LogP) is 3.75. The highest BCUT2D eigenvalue weighted by Crippen LogP contribution is 2.39. The number of allylic oxidation sites excluding steroid dienone is 4. The van der Waals surface area contributed by atoms with Crippen molar-refractivity contribution in [3.05, 3.63) is 45.5 Å². The Morgan fingerprint density at radius 3 is 2.23 bits per heavy atom. The van der Waals surface area contributed by atoms with Crippen LogP contribution in [0.25, 0.3) is 10.2 Å². The Balaban J connectivity index is 1.18. The second-order valence-electron chi connectivity index (χ2n) is 14.9. The first-order valence-corrected chi connectivity index (χ1v) is 20.9. The number of benzene rings is 1. The van der Waals surface area contributed by atoms with Gasteiger partial charge in [-0.2, -0.15) is 0 Å². The van der Waals surface area contributed by atoms with Gasteiger partial charge in [-0.05, 0) is 32.9 Å². The van der Waals surface area contributed by atoms with Gasteiger partial charge in [-0.3, -0.25) is 29.0 Å². The Hall–Kier alpha value is -5.31. The molecule has 2 aromatic rings. The number of hydrogen-bond acceptors (Lipinski definition) is 16. The largest absolute Gasteiger partial charge is 0.480 e. The van der Waals surface area contributed by atoms with Crippen molar-refractivity contribution in [2.45, 2.75) is 66.3 Å². The maximum Gasteiger partial charge on any atom is 0.415 e. The van der Waals surface area contributed by atoms with Gasteiger partial charge in [0.05, 0.1) is 43.1 Å². The third-order valence-electron chi connectivity index (χ3n) is 10.1. The van der Waals surface area contributed by atoms with Gasteiger partial charge in [-0.1, -0.05) is 13.8 Å². The fourth-order valence-corrected chi connectivity index (χ4v) is 8.59. The quantitative estimate of drug-likeness (QED) is 0.120. The average molecular weight is 870 g/mol. The molecular weight excluding hydrogens is 823 g/mol. The number of fused-ring (bicyclic) bond motifs is 1. The van der Waals surface area contributed by atoms with Crippen LogP contribution in [0.2, 0.25) is 0 Å². The van der Waals surface area contributed by atoms with Gasteiger partial charge in [-0.15, -0.1) is 28.2 Å². The number of aromatic nitrogens is 1. The molecule has 18 nitrogen and oxygen atoms in total. The summed E-state index contributed by atoms with van der Waals surface area (Å²) in [6, 6.07) is 4.07. The fourth-order valence-electron chi connectivity index (χ4n) is 6.50. The van der Waals surface area contributed by atoms with Crippen LogP contribution < -0.4 is 4.74 Å². The van der Waals surface area contributed by atoms with Gasteiger partial charge in [-0.25, -0.2) is 19.4 Å². The zero-order valence-corrected chi connectivity index (χ0v) is 35.8. The van der Waals surface area contributed by atoms with E-state index in [0.717, 1.165) is 0 Å². The van der Waals surface area contributed by atoms with Gasteiger partial charge in [0.15, 0.2) is 17.6 Å². The van der Waals surface area contributed by atoms with Crippen molar-refractivity contribution in [2.75, 3.05) is 58.9 Å². The van der Waals surface area contributed by atoms with E-state index < -0.39 is 41.3 Å². The van der Waals surface area contributed by atoms with Crippen LogP contribution in [0.1, 0.15) is 65.3 Å². The molecule has 1 aromatic heterocycles. The number of Topliss-reactive ketones (excluding diaryl/α,β-unsaturated/α-hetero) is 2. The Labute approximate surface area is 353 Å². The van der Waals surface area contributed by atoms with E-state index in [2.05, 4.69) is 9.98 Å². The predicted molar refractivity (Wildman–Crippen MR) is 218 cm³/mol. The lowest BCUT2D eigenvalue weighted by molar-refractivity contribution is -0.198. The van der Waals surface area contributed by atoms with Crippen LogP contribution in [-0.2, 0) is 47.9 Å². The maximum absolute atomic E-state index is 13.6. The topological polar surface area (TPSA) is 229 Å². The monoisotopic (exact) mass is 869 g/mol. The molecule has 1 saturated heterocycles. The molecule has 1 aliphatic carbocycles. The number of amides is 4. The lowest BCUT2D eigenvalue weighted by Gasteiger charge is -2.33. The molecule has 1 atom stereocenters. The van der Waals surface area contributed by atoms with E-state index in [0.29, 0.717) is 53.4 Å². The number of thiazole rings is 1. The van der Waals surface area contributed by atoms with Gasteiger partial charge in [0.1, 0.15) is 15.8 Å². The van der Waals surface area contributed by atoms with Gasteiger partial charge < -0.3 is 34.0 Å². The number of nitrogens with zero attached hydrogens (tertiary/aromatic N) is 5. The number of hydroxylamine groups is 2. The normalized spacial score (nSPS) is 17.2. The Bertz CT molecular complexity index is 2180. The zero-order chi connectivity index (χ0) is 43.9. The molecule has 5 rings (SSSR count). The van der Waals surface area contributed by atoms with E-state index in [1.807, 2.05) is 0 Å².